The predicted molar refractivity (Wildman–Crippen MR) is 98.9 cm³/mol. The Morgan fingerprint density at radius 3 is 2.67 bits per heavy atom. The molecule has 0 bridgehead atoms. The summed E-state index contributed by atoms with van der Waals surface area (Å²) in [7, 11) is 1.60. The lowest BCUT2D eigenvalue weighted by Gasteiger charge is -2.11. The van der Waals surface area contributed by atoms with E-state index in [4.69, 9.17) is 4.74 Å². The first kappa shape index (κ1) is 18.3. The summed E-state index contributed by atoms with van der Waals surface area (Å²) in [6.07, 6.45) is 1.49. The Balaban J connectivity index is 1.69. The van der Waals surface area contributed by atoms with Gasteiger partial charge in [0.05, 0.1) is 7.11 Å². The number of carbonyl (C=O) groups is 1. The monoisotopic (exact) mass is 369 g/mol. The van der Waals surface area contributed by atoms with Gasteiger partial charge in [-0.15, -0.1) is 0 Å². The zero-order valence-corrected chi connectivity index (χ0v) is 14.5. The molecule has 2 aromatic carbocycles. The summed E-state index contributed by atoms with van der Waals surface area (Å²) in [6, 6.07) is 13.8. The van der Waals surface area contributed by atoms with Gasteiger partial charge in [0.25, 0.3) is 5.91 Å². The number of para-hydroxylation sites is 1. The van der Waals surface area contributed by atoms with Crippen LogP contribution in [0.25, 0.3) is 0 Å². The van der Waals surface area contributed by atoms with Gasteiger partial charge in [-0.25, -0.2) is 13.8 Å². The van der Waals surface area contributed by atoms with E-state index < -0.39 is 17.5 Å². The highest BCUT2D eigenvalue weighted by molar-refractivity contribution is 6.04. The van der Waals surface area contributed by atoms with E-state index in [1.165, 1.54) is 18.3 Å². The molecule has 0 spiro atoms. The van der Waals surface area contributed by atoms with Gasteiger partial charge in [0.15, 0.2) is 11.6 Å². The topological polar surface area (TPSA) is 63.2 Å². The fourth-order valence-corrected chi connectivity index (χ4v) is 2.48. The highest BCUT2D eigenvalue weighted by Crippen LogP contribution is 2.19. The number of ether oxygens (including phenoxy) is 1. The van der Waals surface area contributed by atoms with E-state index in [9.17, 15) is 13.6 Å². The molecular weight excluding hydrogens is 352 g/mol. The van der Waals surface area contributed by atoms with Crippen molar-refractivity contribution in [3.05, 3.63) is 83.6 Å². The average molecular weight is 369 g/mol. The van der Waals surface area contributed by atoms with Crippen LogP contribution < -0.4 is 15.4 Å². The third-order valence-electron chi connectivity index (χ3n) is 3.85. The first-order valence-electron chi connectivity index (χ1n) is 8.15. The molecule has 27 heavy (non-hydrogen) atoms. The molecule has 0 atom stereocenters. The number of nitrogens with one attached hydrogen (secondary N) is 2. The van der Waals surface area contributed by atoms with E-state index in [1.54, 1.807) is 13.2 Å². The summed E-state index contributed by atoms with van der Waals surface area (Å²) < 4.78 is 31.5. The van der Waals surface area contributed by atoms with Gasteiger partial charge in [-0.1, -0.05) is 18.2 Å². The second-order valence-corrected chi connectivity index (χ2v) is 5.68. The van der Waals surface area contributed by atoms with Gasteiger partial charge in [-0.2, -0.15) is 0 Å². The fourth-order valence-electron chi connectivity index (χ4n) is 2.48. The molecule has 3 rings (SSSR count). The summed E-state index contributed by atoms with van der Waals surface area (Å²) in [5, 5.41) is 5.66. The molecule has 0 aliphatic carbocycles. The maximum Gasteiger partial charge on any atom is 0.255 e. The molecule has 0 saturated heterocycles. The van der Waals surface area contributed by atoms with Crippen LogP contribution in [0, 0.1) is 11.6 Å². The molecule has 3 aromatic rings. The molecule has 2 N–H and O–H groups in total. The van der Waals surface area contributed by atoms with E-state index in [1.807, 2.05) is 24.3 Å². The number of anilines is 2. The minimum absolute atomic E-state index is 0.166. The molecule has 5 nitrogen and oxygen atoms in total. The molecule has 0 saturated carbocycles. The number of halogens is 2. The van der Waals surface area contributed by atoms with Crippen molar-refractivity contribution in [1.29, 1.82) is 0 Å². The number of hydrogen-bond donors (Lipinski definition) is 2. The number of nitrogens with zero attached hydrogens (tertiary/aromatic N) is 1. The van der Waals surface area contributed by atoms with Crippen LogP contribution in [0.15, 0.2) is 60.8 Å². The summed E-state index contributed by atoms with van der Waals surface area (Å²) >= 11 is 0. The lowest BCUT2D eigenvalue weighted by atomic mass is 10.2. The molecule has 0 unspecified atom stereocenters. The average Bonchev–Trinajstić information content (AvgIpc) is 2.69. The minimum atomic E-state index is -1.03. The molecular formula is C20H17F2N3O2. The summed E-state index contributed by atoms with van der Waals surface area (Å²) in [6.45, 7) is 0.464. The van der Waals surface area contributed by atoms with Crippen LogP contribution >= 0.6 is 0 Å². The van der Waals surface area contributed by atoms with Crippen molar-refractivity contribution >= 4 is 17.4 Å². The zero-order chi connectivity index (χ0) is 19.2. The lowest BCUT2D eigenvalue weighted by molar-refractivity contribution is 0.102. The molecule has 1 heterocycles. The zero-order valence-electron chi connectivity index (χ0n) is 14.5. The van der Waals surface area contributed by atoms with Gasteiger partial charge < -0.3 is 15.4 Å². The number of benzene rings is 2. The van der Waals surface area contributed by atoms with Gasteiger partial charge in [0.2, 0.25) is 0 Å². The number of carbonyl (C=O) groups excluding carboxylic acids is 1. The third-order valence-corrected chi connectivity index (χ3v) is 3.85. The number of hydrogen-bond acceptors (Lipinski definition) is 4. The van der Waals surface area contributed by atoms with Crippen LogP contribution in [0.4, 0.5) is 20.3 Å². The molecule has 1 aromatic heterocycles. The minimum Gasteiger partial charge on any atom is -0.496 e. The van der Waals surface area contributed by atoms with Gasteiger partial charge in [-0.05, 0) is 30.3 Å². The summed E-state index contributed by atoms with van der Waals surface area (Å²) in [5.74, 6) is -1.21. The van der Waals surface area contributed by atoms with Crippen molar-refractivity contribution in [2.75, 3.05) is 17.7 Å². The normalized spacial score (nSPS) is 10.3. The largest absolute Gasteiger partial charge is 0.496 e. The fraction of sp³-hybridized carbons (Fsp3) is 0.100. The second-order valence-electron chi connectivity index (χ2n) is 5.68. The Morgan fingerprint density at radius 1 is 1.07 bits per heavy atom. The van der Waals surface area contributed by atoms with Crippen LogP contribution in [-0.2, 0) is 6.54 Å². The van der Waals surface area contributed by atoms with E-state index in [0.29, 0.717) is 17.9 Å². The predicted octanol–water partition coefficient (Wildman–Crippen LogP) is 4.23. The van der Waals surface area contributed by atoms with Gasteiger partial charge >= 0.3 is 0 Å². The molecule has 0 fully saturated rings. The first-order chi connectivity index (χ1) is 13.1. The van der Waals surface area contributed by atoms with Crippen LogP contribution in [0.2, 0.25) is 0 Å². The molecule has 0 aliphatic rings. The Hall–Kier alpha value is -3.48. The SMILES string of the molecule is COc1ccccc1CNc1cc(C(=O)Nc2ccc(F)c(F)c2)ccn1. The Morgan fingerprint density at radius 2 is 1.89 bits per heavy atom. The van der Waals surface area contributed by atoms with Crippen LogP contribution in [-0.4, -0.2) is 18.0 Å². The number of methoxy groups -OCH3 is 1. The number of amides is 1. The van der Waals surface area contributed by atoms with Crippen molar-refractivity contribution < 1.29 is 18.3 Å². The van der Waals surface area contributed by atoms with Crippen LogP contribution in [0.3, 0.4) is 0 Å². The van der Waals surface area contributed by atoms with Crippen molar-refractivity contribution in [1.82, 2.24) is 4.98 Å². The van der Waals surface area contributed by atoms with Crippen molar-refractivity contribution in [2.24, 2.45) is 0 Å². The Bertz CT molecular complexity index is 963. The van der Waals surface area contributed by atoms with Crippen molar-refractivity contribution in [2.45, 2.75) is 6.54 Å². The van der Waals surface area contributed by atoms with E-state index >= 15 is 0 Å². The van der Waals surface area contributed by atoms with E-state index in [-0.39, 0.29) is 5.69 Å². The van der Waals surface area contributed by atoms with Crippen LogP contribution in [0.1, 0.15) is 15.9 Å². The smallest absolute Gasteiger partial charge is 0.255 e. The summed E-state index contributed by atoms with van der Waals surface area (Å²) in [4.78, 5) is 16.5. The maximum absolute atomic E-state index is 13.3. The number of rotatable bonds is 6. The maximum atomic E-state index is 13.3. The second kappa shape index (κ2) is 8.27. The number of pyridine rings is 1. The van der Waals surface area contributed by atoms with Crippen LogP contribution in [0.5, 0.6) is 5.75 Å². The third kappa shape index (κ3) is 4.58. The molecule has 0 radical (unpaired) electrons. The highest BCUT2D eigenvalue weighted by Gasteiger charge is 2.10. The molecule has 7 heteroatoms. The molecule has 0 aliphatic heterocycles. The summed E-state index contributed by atoms with van der Waals surface area (Å²) in [5.41, 5.74) is 1.44. The van der Waals surface area contributed by atoms with E-state index in [0.717, 1.165) is 23.4 Å². The highest BCUT2D eigenvalue weighted by atomic mass is 19.2. The molecule has 138 valence electrons. The molecule has 1 amide bonds. The Kier molecular flexibility index (Phi) is 5.61. The Labute approximate surface area is 155 Å². The van der Waals surface area contributed by atoms with Gasteiger partial charge in [-0.3, -0.25) is 4.79 Å². The number of aromatic nitrogens is 1. The quantitative estimate of drug-likeness (QED) is 0.682. The first-order valence-corrected chi connectivity index (χ1v) is 8.15. The van der Waals surface area contributed by atoms with Crippen molar-refractivity contribution in [3.63, 3.8) is 0 Å². The van der Waals surface area contributed by atoms with Gasteiger partial charge in [0.1, 0.15) is 11.6 Å². The lowest BCUT2D eigenvalue weighted by Crippen LogP contribution is -2.13. The van der Waals surface area contributed by atoms with E-state index in [2.05, 4.69) is 15.6 Å². The van der Waals surface area contributed by atoms with Gasteiger partial charge in [0, 0.05) is 35.6 Å². The standard InChI is InChI=1S/C20H17F2N3O2/c1-27-18-5-3-2-4-14(18)12-24-19-10-13(8-9-23-19)20(26)25-15-6-7-16(21)17(22)11-15/h2-11H,12H2,1H3,(H,23,24)(H,25,26). The van der Waals surface area contributed by atoms with Crippen molar-refractivity contribution in [3.8, 4) is 5.75 Å².